The van der Waals surface area contributed by atoms with Gasteiger partial charge in [0.2, 0.25) is 17.6 Å². The molecule has 3 amide bonds. The van der Waals surface area contributed by atoms with E-state index in [2.05, 4.69) is 5.32 Å². The molecule has 1 unspecified atom stereocenters. The largest absolute Gasteiger partial charge is 0.363 e. The molecule has 1 saturated heterocycles. The van der Waals surface area contributed by atoms with Gasteiger partial charge >= 0.3 is 0 Å². The summed E-state index contributed by atoms with van der Waals surface area (Å²) in [5, 5.41) is 2.68. The standard InChI is InChI=1S/C19H32N4O4/c1-19(2,3)15(20)18(27)23-9-5-8-13(23)17(26)22-12(14(24)16(21)25)10-11-6-4-7-11/h11-13,15H,4-10,20H2,1-3H3,(H2,21,25)(H,22,26)/t12?,13-,15+/m0/s1. The number of hydrogen-bond acceptors (Lipinski definition) is 5. The third-order valence-electron chi connectivity index (χ3n) is 5.71. The summed E-state index contributed by atoms with van der Waals surface area (Å²) >= 11 is 0. The first-order valence-electron chi connectivity index (χ1n) is 9.72. The van der Waals surface area contributed by atoms with Gasteiger partial charge in [0.1, 0.15) is 6.04 Å². The second-order valence-corrected chi connectivity index (χ2v) is 8.86. The molecule has 0 spiro atoms. The van der Waals surface area contributed by atoms with Gasteiger partial charge in [0.15, 0.2) is 0 Å². The lowest BCUT2D eigenvalue weighted by Gasteiger charge is -2.33. The number of primary amides is 1. The van der Waals surface area contributed by atoms with Crippen LogP contribution in [0, 0.1) is 11.3 Å². The van der Waals surface area contributed by atoms with E-state index in [4.69, 9.17) is 11.5 Å². The molecule has 0 bridgehead atoms. The molecule has 2 rings (SSSR count). The highest BCUT2D eigenvalue weighted by Crippen LogP contribution is 2.31. The first kappa shape index (κ1) is 21.3. The molecule has 152 valence electrons. The van der Waals surface area contributed by atoms with Gasteiger partial charge in [0.25, 0.3) is 5.91 Å². The minimum atomic E-state index is -1.05. The van der Waals surface area contributed by atoms with Crippen molar-refractivity contribution in [2.75, 3.05) is 6.54 Å². The first-order chi connectivity index (χ1) is 12.5. The number of carbonyl (C=O) groups excluding carboxylic acids is 4. The molecule has 2 fully saturated rings. The molecule has 8 heteroatoms. The number of carbonyl (C=O) groups is 4. The summed E-state index contributed by atoms with van der Waals surface area (Å²) in [6.45, 7) is 6.08. The second kappa shape index (κ2) is 8.37. The van der Waals surface area contributed by atoms with Crippen LogP contribution in [0.2, 0.25) is 0 Å². The predicted molar refractivity (Wildman–Crippen MR) is 100 cm³/mol. The third-order valence-corrected chi connectivity index (χ3v) is 5.71. The summed E-state index contributed by atoms with van der Waals surface area (Å²) in [7, 11) is 0. The van der Waals surface area contributed by atoms with Crippen molar-refractivity contribution in [1.82, 2.24) is 10.2 Å². The van der Waals surface area contributed by atoms with Gasteiger partial charge in [0.05, 0.1) is 12.1 Å². The lowest BCUT2D eigenvalue weighted by atomic mass is 9.80. The molecule has 0 aromatic carbocycles. The molecule has 1 saturated carbocycles. The highest BCUT2D eigenvalue weighted by Gasteiger charge is 2.41. The monoisotopic (exact) mass is 380 g/mol. The summed E-state index contributed by atoms with van der Waals surface area (Å²) in [6, 6.07) is -2.31. The van der Waals surface area contributed by atoms with Gasteiger partial charge in [-0.15, -0.1) is 0 Å². The maximum Gasteiger partial charge on any atom is 0.287 e. The zero-order valence-corrected chi connectivity index (χ0v) is 16.5. The topological polar surface area (TPSA) is 136 Å². The highest BCUT2D eigenvalue weighted by molar-refractivity contribution is 6.37. The Bertz CT molecular complexity index is 609. The first-order valence-corrected chi connectivity index (χ1v) is 9.72. The fourth-order valence-corrected chi connectivity index (χ4v) is 3.59. The second-order valence-electron chi connectivity index (χ2n) is 8.86. The molecule has 0 aromatic heterocycles. The maximum atomic E-state index is 12.8. The van der Waals surface area contributed by atoms with E-state index in [1.165, 1.54) is 4.90 Å². The van der Waals surface area contributed by atoms with Crippen LogP contribution in [0.1, 0.15) is 59.3 Å². The Morgan fingerprint density at radius 3 is 2.22 bits per heavy atom. The molecule has 0 radical (unpaired) electrons. The number of likely N-dealkylation sites (tertiary alicyclic amines) is 1. The Balaban J connectivity index is 2.07. The van der Waals surface area contributed by atoms with Crippen LogP contribution in [-0.4, -0.2) is 53.1 Å². The molecule has 0 aromatic rings. The van der Waals surface area contributed by atoms with Crippen LogP contribution in [0.4, 0.5) is 0 Å². The lowest BCUT2D eigenvalue weighted by molar-refractivity contribution is -0.143. The number of nitrogens with zero attached hydrogens (tertiary/aromatic N) is 1. The van der Waals surface area contributed by atoms with Crippen LogP contribution < -0.4 is 16.8 Å². The summed E-state index contributed by atoms with van der Waals surface area (Å²) in [6.07, 6.45) is 4.66. The van der Waals surface area contributed by atoms with E-state index in [1.807, 2.05) is 20.8 Å². The third kappa shape index (κ3) is 5.06. The van der Waals surface area contributed by atoms with E-state index < -0.39 is 41.1 Å². The minimum absolute atomic E-state index is 0.267. The van der Waals surface area contributed by atoms with Gasteiger partial charge in [-0.3, -0.25) is 19.2 Å². The van der Waals surface area contributed by atoms with E-state index in [0.29, 0.717) is 31.7 Å². The summed E-state index contributed by atoms with van der Waals surface area (Å²) < 4.78 is 0. The van der Waals surface area contributed by atoms with Crippen LogP contribution in [0.25, 0.3) is 0 Å². The number of ketones is 1. The van der Waals surface area contributed by atoms with E-state index in [1.54, 1.807) is 0 Å². The number of rotatable bonds is 7. The summed E-state index contributed by atoms with van der Waals surface area (Å²) in [4.78, 5) is 50.5. The number of nitrogens with two attached hydrogens (primary N) is 2. The summed E-state index contributed by atoms with van der Waals surface area (Å²) in [5.41, 5.74) is 10.8. The van der Waals surface area contributed by atoms with Gasteiger partial charge < -0.3 is 21.7 Å². The molecule has 27 heavy (non-hydrogen) atoms. The highest BCUT2D eigenvalue weighted by atomic mass is 16.2. The van der Waals surface area contributed by atoms with Crippen molar-refractivity contribution < 1.29 is 19.2 Å². The quantitative estimate of drug-likeness (QED) is 0.538. The molecule has 1 heterocycles. The van der Waals surface area contributed by atoms with Crippen molar-refractivity contribution in [2.45, 2.75) is 77.4 Å². The number of amides is 3. The van der Waals surface area contributed by atoms with Gasteiger partial charge in [-0.05, 0) is 30.6 Å². The molecule has 2 aliphatic rings. The zero-order valence-electron chi connectivity index (χ0n) is 16.5. The van der Waals surface area contributed by atoms with Gasteiger partial charge in [0, 0.05) is 6.54 Å². The van der Waals surface area contributed by atoms with Gasteiger partial charge in [-0.25, -0.2) is 0 Å². The van der Waals surface area contributed by atoms with Crippen molar-refractivity contribution >= 4 is 23.5 Å². The van der Waals surface area contributed by atoms with Gasteiger partial charge in [-0.1, -0.05) is 40.0 Å². The normalized spacial score (nSPS) is 22.7. The number of nitrogens with one attached hydrogen (secondary N) is 1. The average Bonchev–Trinajstić information content (AvgIpc) is 3.03. The molecule has 1 aliphatic carbocycles. The Morgan fingerprint density at radius 1 is 1.11 bits per heavy atom. The van der Waals surface area contributed by atoms with Crippen LogP contribution in [0.5, 0.6) is 0 Å². The number of Topliss-reactive ketones (excluding diaryl/α,β-unsaturated/α-hetero) is 1. The Kier molecular flexibility index (Phi) is 6.62. The van der Waals surface area contributed by atoms with Crippen LogP contribution in [0.3, 0.4) is 0 Å². The van der Waals surface area contributed by atoms with Crippen LogP contribution in [-0.2, 0) is 19.2 Å². The average molecular weight is 380 g/mol. The zero-order chi connectivity index (χ0) is 20.4. The Labute approximate surface area is 160 Å². The van der Waals surface area contributed by atoms with E-state index in [0.717, 1.165) is 19.3 Å². The Morgan fingerprint density at radius 2 is 1.74 bits per heavy atom. The maximum absolute atomic E-state index is 12.8. The van der Waals surface area contributed by atoms with Crippen LogP contribution in [0.15, 0.2) is 0 Å². The van der Waals surface area contributed by atoms with E-state index in [-0.39, 0.29) is 5.91 Å². The lowest BCUT2D eigenvalue weighted by Crippen LogP contribution is -2.57. The van der Waals surface area contributed by atoms with Crippen molar-refractivity contribution in [2.24, 2.45) is 22.8 Å². The fourth-order valence-electron chi connectivity index (χ4n) is 3.59. The van der Waals surface area contributed by atoms with Crippen molar-refractivity contribution in [1.29, 1.82) is 0 Å². The predicted octanol–water partition coefficient (Wildman–Crippen LogP) is 0.0802. The van der Waals surface area contributed by atoms with Crippen molar-refractivity contribution in [3.8, 4) is 0 Å². The van der Waals surface area contributed by atoms with Gasteiger partial charge in [-0.2, -0.15) is 0 Å². The molecule has 8 nitrogen and oxygen atoms in total. The smallest absolute Gasteiger partial charge is 0.287 e. The molecule has 3 atom stereocenters. The summed E-state index contributed by atoms with van der Waals surface area (Å²) in [5.74, 6) is -2.20. The van der Waals surface area contributed by atoms with Crippen molar-refractivity contribution in [3.05, 3.63) is 0 Å². The SMILES string of the molecule is CC(C)(C)[C@H](N)C(=O)N1CCC[C@H]1C(=O)NC(CC1CCC1)C(=O)C(N)=O. The van der Waals surface area contributed by atoms with E-state index >= 15 is 0 Å². The van der Waals surface area contributed by atoms with E-state index in [9.17, 15) is 19.2 Å². The fraction of sp³-hybridized carbons (Fsp3) is 0.789. The number of hydrogen-bond donors (Lipinski definition) is 3. The minimum Gasteiger partial charge on any atom is -0.363 e. The molecular weight excluding hydrogens is 348 g/mol. The molecular formula is C19H32N4O4. The molecule has 1 aliphatic heterocycles. The van der Waals surface area contributed by atoms with Crippen molar-refractivity contribution in [3.63, 3.8) is 0 Å². The Hall–Kier alpha value is -1.96. The molecule has 5 N–H and O–H groups in total. The van der Waals surface area contributed by atoms with Crippen LogP contribution >= 0.6 is 0 Å².